The van der Waals surface area contributed by atoms with Crippen molar-refractivity contribution in [2.45, 2.75) is 31.6 Å². The number of anilines is 1. The van der Waals surface area contributed by atoms with Gasteiger partial charge in [0.25, 0.3) is 0 Å². The molecule has 5 rings (SSSR count). The van der Waals surface area contributed by atoms with Crippen LogP contribution in [-0.4, -0.2) is 32.8 Å². The Balaban J connectivity index is 1.46. The first-order chi connectivity index (χ1) is 12.3. The lowest BCUT2D eigenvalue weighted by molar-refractivity contribution is -0.122. The highest BCUT2D eigenvalue weighted by atomic mass is 16.5. The Morgan fingerprint density at radius 3 is 3.08 bits per heavy atom. The van der Waals surface area contributed by atoms with E-state index < -0.39 is 0 Å². The van der Waals surface area contributed by atoms with Gasteiger partial charge in [-0.15, -0.1) is 0 Å². The minimum Gasteiger partial charge on any atom is -0.338 e. The second kappa shape index (κ2) is 5.54. The first kappa shape index (κ1) is 14.4. The number of carbonyl (C=O) groups is 1. The molecule has 1 aliphatic heterocycles. The Bertz CT molecular complexity index is 944. The number of carbonyl (C=O) groups excluding carboxylic acids is 1. The lowest BCUT2D eigenvalue weighted by atomic mass is 9.87. The summed E-state index contributed by atoms with van der Waals surface area (Å²) in [7, 11) is 0. The Morgan fingerprint density at radius 2 is 2.24 bits per heavy atom. The van der Waals surface area contributed by atoms with Crippen molar-refractivity contribution in [1.29, 1.82) is 0 Å². The molecule has 7 nitrogen and oxygen atoms in total. The molecule has 0 spiro atoms. The first-order valence-corrected chi connectivity index (χ1v) is 8.56. The summed E-state index contributed by atoms with van der Waals surface area (Å²) in [5, 5.41) is 11.4. The molecule has 1 fully saturated rings. The van der Waals surface area contributed by atoms with Crippen molar-refractivity contribution >= 4 is 11.6 Å². The summed E-state index contributed by atoms with van der Waals surface area (Å²) in [5.74, 6) is 1.44. The van der Waals surface area contributed by atoms with Gasteiger partial charge in [-0.3, -0.25) is 9.89 Å². The summed E-state index contributed by atoms with van der Waals surface area (Å²) in [4.78, 5) is 18.0. The van der Waals surface area contributed by atoms with Crippen LogP contribution in [0.1, 0.15) is 42.3 Å². The van der Waals surface area contributed by atoms with Gasteiger partial charge in [0.05, 0.1) is 12.1 Å². The van der Waals surface area contributed by atoms with Gasteiger partial charge in [0, 0.05) is 35.5 Å². The molecule has 1 aliphatic carbocycles. The Labute approximate surface area is 144 Å². The van der Waals surface area contributed by atoms with E-state index >= 15 is 0 Å². The van der Waals surface area contributed by atoms with Crippen molar-refractivity contribution in [1.82, 2.24) is 20.3 Å². The molecule has 1 amide bonds. The quantitative estimate of drug-likeness (QED) is 0.744. The van der Waals surface area contributed by atoms with Gasteiger partial charge in [-0.1, -0.05) is 17.3 Å². The average molecular weight is 335 g/mol. The zero-order valence-corrected chi connectivity index (χ0v) is 13.6. The number of fused-ring (bicyclic) bond motifs is 1. The van der Waals surface area contributed by atoms with E-state index in [2.05, 4.69) is 20.3 Å². The molecule has 126 valence electrons. The predicted octanol–water partition coefficient (Wildman–Crippen LogP) is 2.66. The van der Waals surface area contributed by atoms with Crippen LogP contribution in [0, 0.1) is 0 Å². The van der Waals surface area contributed by atoms with Crippen LogP contribution < -0.4 is 4.90 Å². The van der Waals surface area contributed by atoms with E-state index in [9.17, 15) is 4.79 Å². The molecular formula is C18H17N5O2. The topological polar surface area (TPSA) is 87.9 Å². The van der Waals surface area contributed by atoms with Gasteiger partial charge < -0.3 is 9.42 Å². The molecule has 2 aliphatic rings. The lowest BCUT2D eigenvalue weighted by Gasteiger charge is -2.30. The SMILES string of the molecule is O=C1CCN1c1cccc(-c2noc(C3CCCc4[nH]ncc43)n2)c1. The van der Waals surface area contributed by atoms with Gasteiger partial charge in [-0.05, 0) is 31.4 Å². The fraction of sp³-hybridized carbons (Fsp3) is 0.333. The molecule has 3 aromatic rings. The molecule has 0 bridgehead atoms. The van der Waals surface area contributed by atoms with Crippen LogP contribution in [0.5, 0.6) is 0 Å². The van der Waals surface area contributed by atoms with Gasteiger partial charge in [0.2, 0.25) is 17.6 Å². The number of amides is 1. The maximum Gasteiger partial charge on any atom is 0.234 e. The van der Waals surface area contributed by atoms with Crippen LogP contribution in [0.2, 0.25) is 0 Å². The maximum atomic E-state index is 11.6. The molecular weight excluding hydrogens is 318 g/mol. The van der Waals surface area contributed by atoms with E-state index in [0.29, 0.717) is 18.1 Å². The predicted molar refractivity (Wildman–Crippen MR) is 90.1 cm³/mol. The van der Waals surface area contributed by atoms with Crippen LogP contribution in [-0.2, 0) is 11.2 Å². The van der Waals surface area contributed by atoms with Gasteiger partial charge in [0.15, 0.2) is 0 Å². The number of β-lactam (4-membered cyclic amide) rings is 1. The number of aromatic nitrogens is 4. The average Bonchev–Trinajstić information content (AvgIpc) is 3.29. The van der Waals surface area contributed by atoms with Gasteiger partial charge in [0.1, 0.15) is 0 Å². The highest BCUT2D eigenvalue weighted by molar-refractivity contribution is 5.99. The minimum atomic E-state index is 0.101. The highest BCUT2D eigenvalue weighted by Gasteiger charge is 2.29. The summed E-state index contributed by atoms with van der Waals surface area (Å²) < 4.78 is 5.56. The molecule has 1 atom stereocenters. The van der Waals surface area contributed by atoms with Crippen molar-refractivity contribution in [3.8, 4) is 11.4 Å². The third-order valence-corrected chi connectivity index (χ3v) is 5.05. The molecule has 1 saturated heterocycles. The molecule has 0 saturated carbocycles. The van der Waals surface area contributed by atoms with Crippen molar-refractivity contribution in [2.75, 3.05) is 11.4 Å². The number of nitrogens with zero attached hydrogens (tertiary/aromatic N) is 4. The molecule has 7 heteroatoms. The number of aromatic amines is 1. The molecule has 1 aromatic carbocycles. The molecule has 2 aromatic heterocycles. The third kappa shape index (κ3) is 2.34. The number of hydrogen-bond acceptors (Lipinski definition) is 5. The fourth-order valence-electron chi connectivity index (χ4n) is 3.61. The van der Waals surface area contributed by atoms with E-state index in [0.717, 1.165) is 48.3 Å². The monoisotopic (exact) mass is 335 g/mol. The summed E-state index contributed by atoms with van der Waals surface area (Å²) in [5.41, 5.74) is 4.06. The zero-order valence-electron chi connectivity index (χ0n) is 13.6. The molecule has 1 N–H and O–H groups in total. The summed E-state index contributed by atoms with van der Waals surface area (Å²) >= 11 is 0. The van der Waals surface area contributed by atoms with E-state index in [1.54, 1.807) is 4.90 Å². The number of rotatable bonds is 3. The van der Waals surface area contributed by atoms with E-state index in [1.807, 2.05) is 30.5 Å². The fourth-order valence-corrected chi connectivity index (χ4v) is 3.61. The minimum absolute atomic E-state index is 0.101. The van der Waals surface area contributed by atoms with Crippen LogP contribution in [0.25, 0.3) is 11.4 Å². The third-order valence-electron chi connectivity index (χ3n) is 5.05. The largest absolute Gasteiger partial charge is 0.338 e. The summed E-state index contributed by atoms with van der Waals surface area (Å²) in [6, 6.07) is 7.73. The zero-order chi connectivity index (χ0) is 16.8. The molecule has 3 heterocycles. The van der Waals surface area contributed by atoms with Crippen molar-refractivity contribution in [3.63, 3.8) is 0 Å². The first-order valence-electron chi connectivity index (χ1n) is 8.56. The molecule has 0 radical (unpaired) electrons. The van der Waals surface area contributed by atoms with E-state index in [4.69, 9.17) is 4.52 Å². The van der Waals surface area contributed by atoms with E-state index in [1.165, 1.54) is 0 Å². The van der Waals surface area contributed by atoms with E-state index in [-0.39, 0.29) is 11.8 Å². The lowest BCUT2D eigenvalue weighted by Crippen LogP contribution is -2.43. The highest BCUT2D eigenvalue weighted by Crippen LogP contribution is 2.35. The Hall–Kier alpha value is -2.96. The Morgan fingerprint density at radius 1 is 1.28 bits per heavy atom. The van der Waals surface area contributed by atoms with Crippen LogP contribution in [0.3, 0.4) is 0 Å². The van der Waals surface area contributed by atoms with Crippen LogP contribution in [0.4, 0.5) is 5.69 Å². The van der Waals surface area contributed by atoms with Crippen LogP contribution in [0.15, 0.2) is 35.0 Å². The second-order valence-corrected chi connectivity index (χ2v) is 6.55. The van der Waals surface area contributed by atoms with Gasteiger partial charge in [-0.25, -0.2) is 0 Å². The summed E-state index contributed by atoms with van der Waals surface area (Å²) in [6.45, 7) is 0.769. The Kier molecular flexibility index (Phi) is 3.19. The standard InChI is InChI=1S/C18H17N5O2/c24-16-7-8-23(16)12-4-1-3-11(9-12)17-20-18(25-22-17)13-5-2-6-15-14(13)10-19-21-15/h1,3-4,9-10,13H,2,5-8H2,(H,19,21). The maximum absolute atomic E-state index is 11.6. The summed E-state index contributed by atoms with van der Waals surface area (Å²) in [6.07, 6.45) is 5.55. The number of aryl methyl sites for hydroxylation is 1. The normalized spacial score (nSPS) is 19.6. The van der Waals surface area contributed by atoms with Crippen LogP contribution >= 0.6 is 0 Å². The van der Waals surface area contributed by atoms with Crippen molar-refractivity contribution < 1.29 is 9.32 Å². The van der Waals surface area contributed by atoms with Gasteiger partial charge in [-0.2, -0.15) is 10.1 Å². The van der Waals surface area contributed by atoms with Gasteiger partial charge >= 0.3 is 0 Å². The number of hydrogen-bond donors (Lipinski definition) is 1. The number of H-pyrrole nitrogens is 1. The number of nitrogens with one attached hydrogen (secondary N) is 1. The number of benzene rings is 1. The smallest absolute Gasteiger partial charge is 0.234 e. The van der Waals surface area contributed by atoms with Crippen molar-refractivity contribution in [3.05, 3.63) is 47.6 Å². The molecule has 1 unspecified atom stereocenters. The second-order valence-electron chi connectivity index (χ2n) is 6.55. The molecule has 25 heavy (non-hydrogen) atoms. The van der Waals surface area contributed by atoms with Crippen molar-refractivity contribution in [2.24, 2.45) is 0 Å².